The van der Waals surface area contributed by atoms with Crippen LogP contribution in [-0.4, -0.2) is 42.8 Å². The Kier molecular flexibility index (Phi) is 4.67. The Morgan fingerprint density at radius 3 is 2.73 bits per heavy atom. The maximum absolute atomic E-state index is 12.3. The van der Waals surface area contributed by atoms with E-state index in [-0.39, 0.29) is 17.3 Å². The summed E-state index contributed by atoms with van der Waals surface area (Å²) in [7, 11) is 1.50. The number of nitrogens with zero attached hydrogens (tertiary/aromatic N) is 5. The molecule has 1 amide bonds. The quantitative estimate of drug-likeness (QED) is 0.658. The number of nitrogens with one attached hydrogen (secondary N) is 1. The van der Waals surface area contributed by atoms with Gasteiger partial charge < -0.3 is 15.0 Å². The van der Waals surface area contributed by atoms with Crippen LogP contribution >= 0.6 is 23.2 Å². The molecule has 0 bridgehead atoms. The van der Waals surface area contributed by atoms with E-state index in [1.807, 2.05) is 6.92 Å². The third kappa shape index (κ3) is 3.04. The van der Waals surface area contributed by atoms with Crippen LogP contribution in [0.3, 0.4) is 0 Å². The molecule has 2 heterocycles. The second kappa shape index (κ2) is 6.32. The zero-order chi connectivity index (χ0) is 16.4. The SMILES string of the molecule is CCn1cc(Cl)c(CN(C)C(=O)c2n[nH]c([N+](=O)[O-])c2Cl)n1. The van der Waals surface area contributed by atoms with E-state index < -0.39 is 16.6 Å². The number of carbonyl (C=O) groups is 1. The first-order chi connectivity index (χ1) is 10.3. The van der Waals surface area contributed by atoms with Crippen molar-refractivity contribution in [2.24, 2.45) is 0 Å². The van der Waals surface area contributed by atoms with E-state index in [1.165, 1.54) is 11.9 Å². The molecule has 1 N–H and O–H groups in total. The average Bonchev–Trinajstić information content (AvgIpc) is 3.01. The standard InChI is InChI=1S/C11H12Cl2N6O3/c1-3-18-4-6(12)7(16-18)5-17(2)11(20)9-8(13)10(15-14-9)19(21)22/h4H,3,5H2,1-2H3,(H,14,15). The van der Waals surface area contributed by atoms with Crippen molar-refractivity contribution >= 4 is 34.9 Å². The molecular weight excluding hydrogens is 335 g/mol. The maximum atomic E-state index is 12.3. The highest BCUT2D eigenvalue weighted by Crippen LogP contribution is 2.26. The molecule has 2 aromatic rings. The predicted octanol–water partition coefficient (Wildman–Crippen LogP) is 2.11. The van der Waals surface area contributed by atoms with Crippen LogP contribution < -0.4 is 0 Å². The second-order valence-electron chi connectivity index (χ2n) is 4.43. The van der Waals surface area contributed by atoms with Gasteiger partial charge in [0, 0.05) is 19.8 Å². The second-order valence-corrected chi connectivity index (χ2v) is 5.22. The summed E-state index contributed by atoms with van der Waals surface area (Å²) in [6.07, 6.45) is 1.65. The Bertz CT molecular complexity index is 725. The molecule has 0 aliphatic rings. The smallest absolute Gasteiger partial charge is 0.358 e. The Balaban J connectivity index is 2.18. The van der Waals surface area contributed by atoms with Gasteiger partial charge >= 0.3 is 5.82 Å². The summed E-state index contributed by atoms with van der Waals surface area (Å²) < 4.78 is 1.64. The number of nitro groups is 1. The van der Waals surface area contributed by atoms with Crippen LogP contribution in [-0.2, 0) is 13.1 Å². The van der Waals surface area contributed by atoms with Crippen molar-refractivity contribution in [3.05, 3.63) is 37.7 Å². The Hall–Kier alpha value is -2.13. The number of hydrogen-bond donors (Lipinski definition) is 1. The molecule has 11 heteroatoms. The molecule has 0 saturated heterocycles. The summed E-state index contributed by atoms with van der Waals surface area (Å²) in [6.45, 7) is 2.68. The van der Waals surface area contributed by atoms with E-state index in [4.69, 9.17) is 23.2 Å². The van der Waals surface area contributed by atoms with Gasteiger partial charge in [-0.3, -0.25) is 9.48 Å². The first-order valence-corrected chi connectivity index (χ1v) is 6.96. The fraction of sp³-hybridized carbons (Fsp3) is 0.364. The molecule has 0 atom stereocenters. The molecule has 0 fully saturated rings. The van der Waals surface area contributed by atoms with Crippen LogP contribution in [0.5, 0.6) is 0 Å². The lowest BCUT2D eigenvalue weighted by Crippen LogP contribution is -2.27. The number of aryl methyl sites for hydroxylation is 1. The Morgan fingerprint density at radius 1 is 1.55 bits per heavy atom. The number of amides is 1. The van der Waals surface area contributed by atoms with Crippen molar-refractivity contribution in [1.82, 2.24) is 24.9 Å². The van der Waals surface area contributed by atoms with Crippen molar-refractivity contribution in [1.29, 1.82) is 0 Å². The lowest BCUT2D eigenvalue weighted by Gasteiger charge is -2.14. The van der Waals surface area contributed by atoms with E-state index in [2.05, 4.69) is 15.3 Å². The first kappa shape index (κ1) is 16.2. The van der Waals surface area contributed by atoms with E-state index in [0.717, 1.165) is 0 Å². The Labute approximate surface area is 134 Å². The van der Waals surface area contributed by atoms with Gasteiger partial charge in [-0.2, -0.15) is 5.10 Å². The lowest BCUT2D eigenvalue weighted by molar-refractivity contribution is -0.389. The van der Waals surface area contributed by atoms with Crippen molar-refractivity contribution < 1.29 is 9.72 Å². The van der Waals surface area contributed by atoms with Gasteiger partial charge in [0.25, 0.3) is 5.91 Å². The monoisotopic (exact) mass is 346 g/mol. The van der Waals surface area contributed by atoms with E-state index in [1.54, 1.807) is 10.9 Å². The van der Waals surface area contributed by atoms with Gasteiger partial charge in [-0.1, -0.05) is 28.3 Å². The molecule has 22 heavy (non-hydrogen) atoms. The number of carbonyl (C=O) groups excluding carboxylic acids is 1. The van der Waals surface area contributed by atoms with Crippen molar-refractivity contribution in [2.45, 2.75) is 20.0 Å². The summed E-state index contributed by atoms with van der Waals surface area (Å²) in [5.74, 6) is -1.09. The van der Waals surface area contributed by atoms with Crippen LogP contribution in [0.25, 0.3) is 0 Å². The molecule has 0 unspecified atom stereocenters. The van der Waals surface area contributed by atoms with Gasteiger partial charge in [0.2, 0.25) is 0 Å². The third-order valence-corrected chi connectivity index (χ3v) is 3.59. The minimum atomic E-state index is -0.744. The summed E-state index contributed by atoms with van der Waals surface area (Å²) >= 11 is 11.8. The van der Waals surface area contributed by atoms with Crippen LogP contribution in [0.1, 0.15) is 23.1 Å². The summed E-state index contributed by atoms with van der Waals surface area (Å²) in [6, 6.07) is 0. The summed E-state index contributed by atoms with van der Waals surface area (Å²) in [4.78, 5) is 23.5. The molecule has 0 aliphatic carbocycles. The molecule has 118 valence electrons. The predicted molar refractivity (Wildman–Crippen MR) is 79.0 cm³/mol. The van der Waals surface area contributed by atoms with E-state index >= 15 is 0 Å². The number of hydrogen-bond acceptors (Lipinski definition) is 5. The number of halogens is 2. The Morgan fingerprint density at radius 2 is 2.23 bits per heavy atom. The van der Waals surface area contributed by atoms with Gasteiger partial charge in [0.1, 0.15) is 5.69 Å². The van der Waals surface area contributed by atoms with Crippen LogP contribution in [0, 0.1) is 10.1 Å². The van der Waals surface area contributed by atoms with Gasteiger partial charge in [0.05, 0.1) is 11.6 Å². The molecule has 2 aromatic heterocycles. The molecule has 0 saturated carbocycles. The normalized spacial score (nSPS) is 10.7. The van der Waals surface area contributed by atoms with E-state index in [9.17, 15) is 14.9 Å². The first-order valence-electron chi connectivity index (χ1n) is 6.20. The molecule has 0 aromatic carbocycles. The molecular formula is C11H12Cl2N6O3. The van der Waals surface area contributed by atoms with Gasteiger partial charge in [-0.15, -0.1) is 5.10 Å². The molecule has 0 spiro atoms. The summed E-state index contributed by atoms with van der Waals surface area (Å²) in [5, 5.41) is 20.7. The van der Waals surface area contributed by atoms with Gasteiger partial charge in [-0.25, -0.2) is 0 Å². The fourth-order valence-corrected chi connectivity index (χ4v) is 2.21. The topological polar surface area (TPSA) is 110 Å². The fourth-order valence-electron chi connectivity index (χ4n) is 1.77. The maximum Gasteiger partial charge on any atom is 0.362 e. The minimum Gasteiger partial charge on any atom is -0.358 e. The van der Waals surface area contributed by atoms with Crippen molar-refractivity contribution in [3.8, 4) is 0 Å². The molecule has 9 nitrogen and oxygen atoms in total. The summed E-state index contributed by atoms with van der Waals surface area (Å²) in [5.41, 5.74) is 0.294. The lowest BCUT2D eigenvalue weighted by atomic mass is 10.3. The highest BCUT2D eigenvalue weighted by molar-refractivity contribution is 6.35. The number of aromatic amines is 1. The third-order valence-electron chi connectivity index (χ3n) is 2.92. The molecule has 2 rings (SSSR count). The zero-order valence-corrected chi connectivity index (χ0v) is 13.2. The van der Waals surface area contributed by atoms with Crippen LogP contribution in [0.2, 0.25) is 10.0 Å². The van der Waals surface area contributed by atoms with Crippen LogP contribution in [0.15, 0.2) is 6.20 Å². The van der Waals surface area contributed by atoms with Crippen LogP contribution in [0.4, 0.5) is 5.82 Å². The van der Waals surface area contributed by atoms with E-state index in [0.29, 0.717) is 17.3 Å². The average molecular weight is 347 g/mol. The highest BCUT2D eigenvalue weighted by Gasteiger charge is 2.27. The number of aromatic nitrogens is 4. The molecule has 0 radical (unpaired) electrons. The largest absolute Gasteiger partial charge is 0.362 e. The minimum absolute atomic E-state index is 0.127. The number of rotatable bonds is 5. The van der Waals surface area contributed by atoms with Gasteiger partial charge in [0.15, 0.2) is 10.7 Å². The number of H-pyrrole nitrogens is 1. The molecule has 0 aliphatic heterocycles. The highest BCUT2D eigenvalue weighted by atomic mass is 35.5. The van der Waals surface area contributed by atoms with Crippen molar-refractivity contribution in [3.63, 3.8) is 0 Å². The van der Waals surface area contributed by atoms with Gasteiger partial charge in [-0.05, 0) is 11.8 Å². The zero-order valence-electron chi connectivity index (χ0n) is 11.7. The van der Waals surface area contributed by atoms with Crippen molar-refractivity contribution in [2.75, 3.05) is 7.05 Å².